The Morgan fingerprint density at radius 1 is 1.11 bits per heavy atom. The van der Waals surface area contributed by atoms with Crippen molar-refractivity contribution in [2.75, 3.05) is 18.9 Å². The molecule has 11 heteroatoms. The van der Waals surface area contributed by atoms with Crippen LogP contribution in [0.3, 0.4) is 0 Å². The predicted molar refractivity (Wildman–Crippen MR) is 142 cm³/mol. The lowest BCUT2D eigenvalue weighted by Gasteiger charge is -2.36. The van der Waals surface area contributed by atoms with Crippen LogP contribution < -0.4 is 10.5 Å². The van der Waals surface area contributed by atoms with Crippen LogP contribution in [0.2, 0.25) is 18.1 Å². The fourth-order valence-corrected chi connectivity index (χ4v) is 5.16. The third-order valence-electron chi connectivity index (χ3n) is 7.42. The van der Waals surface area contributed by atoms with E-state index < -0.39 is 20.0 Å². The molecule has 0 atom stereocenters. The van der Waals surface area contributed by atoms with E-state index in [1.54, 1.807) is 16.3 Å². The number of halogens is 2. The second-order valence-electron chi connectivity index (χ2n) is 11.2. The molecule has 2 heterocycles. The summed E-state index contributed by atoms with van der Waals surface area (Å²) in [7, 11) is -1.89. The van der Waals surface area contributed by atoms with Crippen LogP contribution in [0.5, 0.6) is 5.75 Å². The number of nitrogen functional groups attached to an aromatic ring is 1. The Balaban J connectivity index is 1.59. The molecular weight excluding hydrogens is 494 g/mol. The fraction of sp³-hybridized carbons (Fsp3) is 0.577. The van der Waals surface area contributed by atoms with Crippen LogP contribution in [0, 0.1) is 18.6 Å². The van der Waals surface area contributed by atoms with Gasteiger partial charge in [-0.25, -0.2) is 13.5 Å². The summed E-state index contributed by atoms with van der Waals surface area (Å²) in [6.07, 6.45) is 2.02. The minimum atomic E-state index is -1.89. The molecule has 1 aliphatic carbocycles. The van der Waals surface area contributed by atoms with Gasteiger partial charge in [-0.15, -0.1) is 5.10 Å². The minimum Gasteiger partial charge on any atom is -0.494 e. The van der Waals surface area contributed by atoms with Crippen LogP contribution in [0.15, 0.2) is 12.1 Å². The van der Waals surface area contributed by atoms with Crippen LogP contribution in [0.25, 0.3) is 11.5 Å². The van der Waals surface area contributed by atoms with Gasteiger partial charge in [0.1, 0.15) is 23.1 Å². The van der Waals surface area contributed by atoms with Crippen LogP contribution >= 0.6 is 0 Å². The van der Waals surface area contributed by atoms with E-state index in [0.29, 0.717) is 37.2 Å². The van der Waals surface area contributed by atoms with E-state index in [-0.39, 0.29) is 28.8 Å². The largest absolute Gasteiger partial charge is 0.494 e. The topological polar surface area (TPSA) is 93.0 Å². The van der Waals surface area contributed by atoms with Gasteiger partial charge in [0.2, 0.25) is 11.8 Å². The Hall–Kier alpha value is -2.79. The van der Waals surface area contributed by atoms with Crippen molar-refractivity contribution in [1.29, 1.82) is 0 Å². The molecule has 3 aromatic rings. The van der Waals surface area contributed by atoms with Crippen LogP contribution in [-0.2, 0) is 17.5 Å². The first kappa shape index (κ1) is 27.2. The Morgan fingerprint density at radius 3 is 2.32 bits per heavy atom. The van der Waals surface area contributed by atoms with Crippen molar-refractivity contribution in [1.82, 2.24) is 24.5 Å². The molecule has 0 aliphatic heterocycles. The van der Waals surface area contributed by atoms with Gasteiger partial charge in [-0.2, -0.15) is 10.1 Å². The fourth-order valence-electron chi connectivity index (χ4n) is 4.12. The van der Waals surface area contributed by atoms with Gasteiger partial charge in [0, 0.05) is 34.9 Å². The molecule has 0 radical (unpaired) electrons. The third kappa shape index (κ3) is 5.72. The molecule has 2 N–H and O–H groups in total. The number of rotatable bonds is 10. The van der Waals surface area contributed by atoms with Crippen molar-refractivity contribution in [3.8, 4) is 17.3 Å². The lowest BCUT2D eigenvalue weighted by atomic mass is 10.1. The zero-order chi connectivity index (χ0) is 27.1. The van der Waals surface area contributed by atoms with Gasteiger partial charge in [0.05, 0.1) is 26.3 Å². The number of benzene rings is 1. The summed E-state index contributed by atoms with van der Waals surface area (Å²) in [4.78, 5) is 4.46. The van der Waals surface area contributed by atoms with Crippen LogP contribution in [0.1, 0.15) is 63.3 Å². The summed E-state index contributed by atoms with van der Waals surface area (Å²) < 4.78 is 44.5. The molecule has 202 valence electrons. The number of aromatic nitrogens is 5. The first-order valence-electron chi connectivity index (χ1n) is 12.8. The van der Waals surface area contributed by atoms with Crippen molar-refractivity contribution in [3.63, 3.8) is 0 Å². The van der Waals surface area contributed by atoms with Gasteiger partial charge in [-0.05, 0) is 44.8 Å². The normalized spacial score (nSPS) is 14.4. The summed E-state index contributed by atoms with van der Waals surface area (Å²) in [5.74, 6) is -0.173. The van der Waals surface area contributed by atoms with E-state index in [4.69, 9.17) is 20.0 Å². The molecule has 1 saturated carbocycles. The molecule has 0 amide bonds. The summed E-state index contributed by atoms with van der Waals surface area (Å²) in [5, 5.41) is 9.43. The second kappa shape index (κ2) is 10.2. The maximum Gasteiger partial charge on any atom is 0.219 e. The monoisotopic (exact) mass is 532 g/mol. The Morgan fingerprint density at radius 2 is 1.76 bits per heavy atom. The maximum atomic E-state index is 14.8. The van der Waals surface area contributed by atoms with Crippen LogP contribution in [0.4, 0.5) is 14.7 Å². The maximum absolute atomic E-state index is 14.8. The van der Waals surface area contributed by atoms with Gasteiger partial charge in [0.25, 0.3) is 0 Å². The molecule has 0 spiro atoms. The smallest absolute Gasteiger partial charge is 0.219 e. The van der Waals surface area contributed by atoms with Crippen molar-refractivity contribution in [2.24, 2.45) is 0 Å². The van der Waals surface area contributed by atoms with E-state index in [1.165, 1.54) is 12.1 Å². The second-order valence-corrected chi connectivity index (χ2v) is 16.0. The quantitative estimate of drug-likeness (QED) is 0.339. The highest BCUT2D eigenvalue weighted by molar-refractivity contribution is 6.74. The van der Waals surface area contributed by atoms with Crippen molar-refractivity contribution < 1.29 is 17.9 Å². The van der Waals surface area contributed by atoms with Gasteiger partial charge in [0.15, 0.2) is 8.32 Å². The lowest BCUT2D eigenvalue weighted by molar-refractivity contribution is 0.267. The molecule has 0 bridgehead atoms. The van der Waals surface area contributed by atoms with Gasteiger partial charge in [-0.1, -0.05) is 20.8 Å². The number of hydrogen-bond acceptors (Lipinski definition) is 6. The van der Waals surface area contributed by atoms with Crippen molar-refractivity contribution >= 4 is 14.3 Å². The Labute approximate surface area is 218 Å². The highest BCUT2D eigenvalue weighted by Gasteiger charge is 2.37. The number of hydrogen-bond donors (Lipinski definition) is 1. The summed E-state index contributed by atoms with van der Waals surface area (Å²) in [6.45, 7) is 16.0. The molecule has 8 nitrogen and oxygen atoms in total. The highest BCUT2D eigenvalue weighted by atomic mass is 28.4. The standard InChI is InChI=1S/C26H38F2N6O2Si/c1-8-35-18-13-20(27)19(21(28)14-18)15-34-23(17-9-10-17)16(2)22(31-34)24-30-25(29)33(32-24)11-12-36-37(6,7)26(3,4)5/h13-14,17H,8-12,15H2,1-7H3,(H2,29,30,32). The molecule has 1 aromatic carbocycles. The molecule has 2 aromatic heterocycles. The molecule has 4 rings (SSSR count). The number of nitrogens with two attached hydrogens (primary N) is 1. The van der Waals surface area contributed by atoms with E-state index in [9.17, 15) is 8.78 Å². The third-order valence-corrected chi connectivity index (χ3v) is 12.0. The van der Waals surface area contributed by atoms with Crippen LogP contribution in [-0.4, -0.2) is 46.1 Å². The van der Waals surface area contributed by atoms with E-state index in [0.717, 1.165) is 24.1 Å². The van der Waals surface area contributed by atoms with E-state index >= 15 is 0 Å². The molecular formula is C26H38F2N6O2Si. The van der Waals surface area contributed by atoms with Crippen molar-refractivity contribution in [2.45, 2.75) is 84.6 Å². The number of nitrogens with zero attached hydrogens (tertiary/aromatic N) is 5. The van der Waals surface area contributed by atoms with Gasteiger partial charge >= 0.3 is 0 Å². The van der Waals surface area contributed by atoms with E-state index in [2.05, 4.69) is 43.9 Å². The highest BCUT2D eigenvalue weighted by Crippen LogP contribution is 2.44. The predicted octanol–water partition coefficient (Wildman–Crippen LogP) is 5.66. The Kier molecular flexibility index (Phi) is 7.49. The Bertz CT molecular complexity index is 1250. The molecule has 0 unspecified atom stereocenters. The molecule has 0 saturated heterocycles. The summed E-state index contributed by atoms with van der Waals surface area (Å²) in [6, 6.07) is 2.43. The molecule has 1 aliphatic rings. The zero-order valence-electron chi connectivity index (χ0n) is 22.9. The van der Waals surface area contributed by atoms with Gasteiger partial charge in [-0.3, -0.25) is 4.68 Å². The average molecular weight is 533 g/mol. The number of anilines is 1. The first-order chi connectivity index (χ1) is 17.3. The minimum absolute atomic E-state index is 0.0344. The SMILES string of the molecule is CCOc1cc(F)c(Cn2nc(-c3nc(N)n(CCO[Si](C)(C)C(C)(C)C)n3)c(C)c2C2CC2)c(F)c1. The number of ether oxygens (including phenoxy) is 1. The lowest BCUT2D eigenvalue weighted by Crippen LogP contribution is -2.41. The summed E-state index contributed by atoms with van der Waals surface area (Å²) >= 11 is 0. The van der Waals surface area contributed by atoms with Gasteiger partial charge < -0.3 is 14.9 Å². The zero-order valence-corrected chi connectivity index (χ0v) is 23.9. The molecule has 1 fully saturated rings. The molecule has 37 heavy (non-hydrogen) atoms. The first-order valence-corrected chi connectivity index (χ1v) is 15.8. The summed E-state index contributed by atoms with van der Waals surface area (Å²) in [5.41, 5.74) is 8.56. The van der Waals surface area contributed by atoms with E-state index in [1.807, 2.05) is 6.92 Å². The average Bonchev–Trinajstić information content (AvgIpc) is 3.48. The van der Waals surface area contributed by atoms with Crippen molar-refractivity contribution in [3.05, 3.63) is 40.6 Å².